The summed E-state index contributed by atoms with van der Waals surface area (Å²) in [6.07, 6.45) is 7.11. The molecule has 0 saturated carbocycles. The first kappa shape index (κ1) is 20.0. The molecule has 4 aromatic rings. The molecule has 0 spiro atoms. The van der Waals surface area contributed by atoms with Gasteiger partial charge in [-0.25, -0.2) is 9.37 Å². The zero-order valence-electron chi connectivity index (χ0n) is 16.5. The molecule has 0 aliphatic carbocycles. The summed E-state index contributed by atoms with van der Waals surface area (Å²) in [4.78, 5) is 21.9. The zero-order valence-corrected chi connectivity index (χ0v) is 17.3. The lowest BCUT2D eigenvalue weighted by molar-refractivity contribution is 0.0986. The van der Waals surface area contributed by atoms with E-state index in [4.69, 9.17) is 0 Å². The normalized spacial score (nSPS) is 11.0. The summed E-state index contributed by atoms with van der Waals surface area (Å²) in [7, 11) is 0. The van der Waals surface area contributed by atoms with Gasteiger partial charge in [0.25, 0.3) is 0 Å². The number of thiazole rings is 1. The number of halogens is 1. The summed E-state index contributed by atoms with van der Waals surface area (Å²) < 4.78 is 14.7. The first-order chi connectivity index (χ1) is 14.6. The number of aromatic nitrogens is 5. The van der Waals surface area contributed by atoms with Gasteiger partial charge in [-0.05, 0) is 49.1 Å². The van der Waals surface area contributed by atoms with Gasteiger partial charge in [-0.1, -0.05) is 23.4 Å². The van der Waals surface area contributed by atoms with E-state index >= 15 is 0 Å². The van der Waals surface area contributed by atoms with E-state index in [9.17, 15) is 9.18 Å². The van der Waals surface area contributed by atoms with E-state index in [0.717, 1.165) is 17.5 Å². The van der Waals surface area contributed by atoms with Crippen LogP contribution in [0.1, 0.15) is 32.9 Å². The van der Waals surface area contributed by atoms with Crippen molar-refractivity contribution in [1.29, 1.82) is 0 Å². The molecule has 0 radical (unpaired) electrons. The number of pyridine rings is 1. The first-order valence-electron chi connectivity index (χ1n) is 9.63. The van der Waals surface area contributed by atoms with Crippen molar-refractivity contribution in [2.45, 2.75) is 32.7 Å². The van der Waals surface area contributed by atoms with Crippen LogP contribution >= 0.6 is 11.3 Å². The predicted molar refractivity (Wildman–Crippen MR) is 113 cm³/mol. The summed E-state index contributed by atoms with van der Waals surface area (Å²) in [5, 5.41) is 9.04. The minimum atomic E-state index is -0.244. The van der Waals surface area contributed by atoms with Gasteiger partial charge in [0.2, 0.25) is 0 Å². The molecule has 4 rings (SSSR count). The fourth-order valence-electron chi connectivity index (χ4n) is 3.08. The van der Waals surface area contributed by atoms with Gasteiger partial charge in [0.05, 0.1) is 16.8 Å². The Kier molecular flexibility index (Phi) is 6.04. The third-order valence-electron chi connectivity index (χ3n) is 4.71. The van der Waals surface area contributed by atoms with Crippen molar-refractivity contribution in [2.24, 2.45) is 0 Å². The highest BCUT2D eigenvalue weighted by atomic mass is 32.1. The molecule has 0 N–H and O–H groups in total. The van der Waals surface area contributed by atoms with Crippen LogP contribution in [0.3, 0.4) is 0 Å². The Labute approximate surface area is 177 Å². The number of Topliss-reactive ketones (excluding diaryl/α,β-unsaturated/α-hetero) is 1. The molecule has 0 aliphatic heterocycles. The van der Waals surface area contributed by atoms with Gasteiger partial charge in [-0.2, -0.15) is 0 Å². The van der Waals surface area contributed by atoms with E-state index in [1.54, 1.807) is 29.2 Å². The van der Waals surface area contributed by atoms with Gasteiger partial charge in [-0.3, -0.25) is 14.5 Å². The quantitative estimate of drug-likeness (QED) is 0.397. The molecule has 1 aromatic carbocycles. The van der Waals surface area contributed by atoms with Gasteiger partial charge >= 0.3 is 0 Å². The van der Waals surface area contributed by atoms with Crippen molar-refractivity contribution in [3.63, 3.8) is 0 Å². The predicted octanol–water partition coefficient (Wildman–Crippen LogP) is 4.30. The minimum Gasteiger partial charge on any atom is -0.293 e. The highest BCUT2D eigenvalue weighted by Crippen LogP contribution is 2.27. The first-order valence-corrected chi connectivity index (χ1v) is 10.4. The second-order valence-electron chi connectivity index (χ2n) is 6.96. The van der Waals surface area contributed by atoms with Crippen LogP contribution in [0.2, 0.25) is 0 Å². The maximum atomic E-state index is 13.0. The van der Waals surface area contributed by atoms with E-state index in [1.165, 1.54) is 23.5 Å². The number of hydrogen-bond acceptors (Lipinski definition) is 6. The highest BCUT2D eigenvalue weighted by molar-refractivity contribution is 7.17. The van der Waals surface area contributed by atoms with Crippen LogP contribution in [0, 0.1) is 12.7 Å². The van der Waals surface area contributed by atoms with E-state index < -0.39 is 0 Å². The number of rotatable bonds is 8. The molecular formula is C22H20FN5OS. The maximum absolute atomic E-state index is 13.0. The summed E-state index contributed by atoms with van der Waals surface area (Å²) in [6, 6.07) is 10.3. The molecule has 30 heavy (non-hydrogen) atoms. The Bertz CT molecular complexity index is 1140. The Hall–Kier alpha value is -3.26. The molecule has 0 fully saturated rings. The second kappa shape index (κ2) is 9.04. The molecule has 8 heteroatoms. The van der Waals surface area contributed by atoms with E-state index in [-0.39, 0.29) is 11.6 Å². The SMILES string of the molecule is Cc1nc(-c2cn(CCc3ccc(F)cc3)nn2)sc1C(=O)CCc1cccnc1. The largest absolute Gasteiger partial charge is 0.293 e. The molecule has 6 nitrogen and oxygen atoms in total. The standard InChI is InChI=1S/C22H20FN5OS/c1-15-21(20(29)9-6-17-3-2-11-24-13-17)30-22(25-15)19-14-28(27-26-19)12-10-16-4-7-18(23)8-5-16/h2-5,7-8,11,13-14H,6,9-10,12H2,1H3. The number of nitrogens with zero attached hydrogens (tertiary/aromatic N) is 5. The van der Waals surface area contributed by atoms with Gasteiger partial charge in [-0.15, -0.1) is 16.4 Å². The summed E-state index contributed by atoms with van der Waals surface area (Å²) in [6.45, 7) is 2.47. The third kappa shape index (κ3) is 4.83. The Morgan fingerprint density at radius 1 is 1.13 bits per heavy atom. The molecule has 3 heterocycles. The van der Waals surface area contributed by atoms with Gasteiger partial charge in [0.15, 0.2) is 5.78 Å². The van der Waals surface area contributed by atoms with Crippen LogP contribution in [0.15, 0.2) is 55.0 Å². The molecule has 0 bridgehead atoms. The van der Waals surface area contributed by atoms with Crippen molar-refractivity contribution in [1.82, 2.24) is 25.0 Å². The number of carbonyl (C=O) groups excluding carboxylic acids is 1. The molecule has 3 aromatic heterocycles. The van der Waals surface area contributed by atoms with Crippen LogP contribution in [-0.2, 0) is 19.4 Å². The van der Waals surface area contributed by atoms with Crippen LogP contribution in [0.25, 0.3) is 10.7 Å². The van der Waals surface area contributed by atoms with Crippen molar-refractivity contribution in [3.05, 3.63) is 82.5 Å². The molecule has 0 saturated heterocycles. The molecular weight excluding hydrogens is 401 g/mol. The fraction of sp³-hybridized carbons (Fsp3) is 0.227. The van der Waals surface area contributed by atoms with E-state index in [0.29, 0.717) is 40.7 Å². The monoisotopic (exact) mass is 421 g/mol. The number of hydrogen-bond donors (Lipinski definition) is 0. The minimum absolute atomic E-state index is 0.0730. The van der Waals surface area contributed by atoms with Crippen molar-refractivity contribution >= 4 is 17.1 Å². The number of aryl methyl sites for hydroxylation is 4. The van der Waals surface area contributed by atoms with Crippen molar-refractivity contribution in [3.8, 4) is 10.7 Å². The van der Waals surface area contributed by atoms with Crippen LogP contribution in [-0.4, -0.2) is 30.7 Å². The molecule has 0 amide bonds. The average molecular weight is 422 g/mol. The van der Waals surface area contributed by atoms with Crippen molar-refractivity contribution < 1.29 is 9.18 Å². The zero-order chi connectivity index (χ0) is 20.9. The Balaban J connectivity index is 1.40. The fourth-order valence-corrected chi connectivity index (χ4v) is 4.07. The van der Waals surface area contributed by atoms with Crippen LogP contribution in [0.4, 0.5) is 4.39 Å². The smallest absolute Gasteiger partial charge is 0.175 e. The lowest BCUT2D eigenvalue weighted by atomic mass is 10.1. The third-order valence-corrected chi connectivity index (χ3v) is 5.93. The van der Waals surface area contributed by atoms with Gasteiger partial charge < -0.3 is 0 Å². The van der Waals surface area contributed by atoms with Crippen LogP contribution < -0.4 is 0 Å². The second-order valence-corrected chi connectivity index (χ2v) is 7.96. The molecule has 0 unspecified atom stereocenters. The maximum Gasteiger partial charge on any atom is 0.175 e. The lowest BCUT2D eigenvalue weighted by Crippen LogP contribution is -2.02. The van der Waals surface area contributed by atoms with Crippen molar-refractivity contribution in [2.75, 3.05) is 0 Å². The topological polar surface area (TPSA) is 73.6 Å². The molecule has 0 aliphatic rings. The lowest BCUT2D eigenvalue weighted by Gasteiger charge is -2.00. The number of carbonyl (C=O) groups is 1. The Morgan fingerprint density at radius 3 is 2.73 bits per heavy atom. The summed E-state index contributed by atoms with van der Waals surface area (Å²) in [5.41, 5.74) is 3.43. The van der Waals surface area contributed by atoms with Gasteiger partial charge in [0, 0.05) is 25.4 Å². The van der Waals surface area contributed by atoms with Crippen LogP contribution in [0.5, 0.6) is 0 Å². The summed E-state index contributed by atoms with van der Waals surface area (Å²) in [5.74, 6) is -0.171. The summed E-state index contributed by atoms with van der Waals surface area (Å²) >= 11 is 1.35. The number of ketones is 1. The number of benzene rings is 1. The molecule has 152 valence electrons. The Morgan fingerprint density at radius 2 is 1.97 bits per heavy atom. The van der Waals surface area contributed by atoms with E-state index in [2.05, 4.69) is 20.3 Å². The molecule has 0 atom stereocenters. The average Bonchev–Trinajstić information content (AvgIpc) is 3.39. The van der Waals surface area contributed by atoms with E-state index in [1.807, 2.05) is 25.3 Å². The highest BCUT2D eigenvalue weighted by Gasteiger charge is 2.18. The van der Waals surface area contributed by atoms with Gasteiger partial charge in [0.1, 0.15) is 16.5 Å².